The molecule has 0 bridgehead atoms. The second kappa shape index (κ2) is 9.77. The van der Waals surface area contributed by atoms with Crippen molar-refractivity contribution in [2.75, 3.05) is 0 Å². The van der Waals surface area contributed by atoms with Gasteiger partial charge in [-0.25, -0.2) is 0 Å². The molecule has 0 heterocycles. The Labute approximate surface area is 183 Å². The van der Waals surface area contributed by atoms with E-state index in [0.29, 0.717) is 17.9 Å². The van der Waals surface area contributed by atoms with E-state index in [2.05, 4.69) is 36.5 Å². The Hall–Kier alpha value is -3.85. The van der Waals surface area contributed by atoms with Crippen LogP contribution in [0.1, 0.15) is 38.7 Å². The van der Waals surface area contributed by atoms with Gasteiger partial charge in [0, 0.05) is 5.56 Å². The molecule has 0 aliphatic carbocycles. The molecule has 0 radical (unpaired) electrons. The van der Waals surface area contributed by atoms with Crippen LogP contribution in [0, 0.1) is 6.92 Å². The number of amides is 1. The molecule has 0 fully saturated rings. The van der Waals surface area contributed by atoms with Gasteiger partial charge in [0.15, 0.2) is 0 Å². The number of ether oxygens (including phenoxy) is 1. The molecule has 0 saturated heterocycles. The number of nitrogens with one attached hydrogen (secondary N) is 1. The summed E-state index contributed by atoms with van der Waals surface area (Å²) in [5, 5.41) is 3.19. The van der Waals surface area contributed by atoms with Gasteiger partial charge in [0.05, 0.1) is 6.04 Å². The molecule has 0 saturated carbocycles. The summed E-state index contributed by atoms with van der Waals surface area (Å²) >= 11 is 0. The van der Waals surface area contributed by atoms with Crippen LogP contribution in [0.25, 0.3) is 0 Å². The van der Waals surface area contributed by atoms with Gasteiger partial charge < -0.3 is 10.1 Å². The molecule has 3 nitrogen and oxygen atoms in total. The molecule has 154 valence electrons. The maximum atomic E-state index is 13.1. The van der Waals surface area contributed by atoms with Gasteiger partial charge in [-0.3, -0.25) is 4.79 Å². The number of carbonyl (C=O) groups is 1. The van der Waals surface area contributed by atoms with Crippen molar-refractivity contribution < 1.29 is 9.53 Å². The van der Waals surface area contributed by atoms with E-state index in [4.69, 9.17) is 4.74 Å². The van der Waals surface area contributed by atoms with Crippen LogP contribution >= 0.6 is 0 Å². The standard InChI is InChI=1S/C28H25NO2/c1-21-15-17-24(18-16-21)27(23-11-6-3-7-12-23)29-28(30)25-13-8-14-26(19-25)31-20-22-9-4-2-5-10-22/h2-19,27H,20H2,1H3,(H,29,30). The topological polar surface area (TPSA) is 38.3 Å². The summed E-state index contributed by atoms with van der Waals surface area (Å²) in [6, 6.07) is 35.3. The summed E-state index contributed by atoms with van der Waals surface area (Å²) < 4.78 is 5.89. The lowest BCUT2D eigenvalue weighted by Crippen LogP contribution is -2.29. The lowest BCUT2D eigenvalue weighted by Gasteiger charge is -2.20. The fourth-order valence-electron chi connectivity index (χ4n) is 3.45. The highest BCUT2D eigenvalue weighted by atomic mass is 16.5. The monoisotopic (exact) mass is 407 g/mol. The van der Waals surface area contributed by atoms with Crippen molar-refractivity contribution in [3.05, 3.63) is 137 Å². The Kier molecular flexibility index (Phi) is 6.44. The van der Waals surface area contributed by atoms with E-state index in [1.165, 1.54) is 5.56 Å². The third kappa shape index (κ3) is 5.40. The minimum atomic E-state index is -0.233. The Bertz CT molecular complexity index is 1120. The van der Waals surface area contributed by atoms with Crippen molar-refractivity contribution in [2.24, 2.45) is 0 Å². The molecule has 0 aromatic heterocycles. The number of hydrogen-bond acceptors (Lipinski definition) is 2. The molecule has 0 aliphatic rings. The molecule has 4 rings (SSSR count). The molecule has 1 amide bonds. The maximum absolute atomic E-state index is 13.1. The minimum Gasteiger partial charge on any atom is -0.489 e. The Morgan fingerprint density at radius 2 is 1.42 bits per heavy atom. The summed E-state index contributed by atoms with van der Waals surface area (Å²) in [6.45, 7) is 2.52. The number of carbonyl (C=O) groups excluding carboxylic acids is 1. The third-order valence-electron chi connectivity index (χ3n) is 5.16. The van der Waals surface area contributed by atoms with Gasteiger partial charge in [0.25, 0.3) is 5.91 Å². The van der Waals surface area contributed by atoms with Crippen molar-refractivity contribution in [2.45, 2.75) is 19.6 Å². The Morgan fingerprint density at radius 3 is 2.13 bits per heavy atom. The number of hydrogen-bond donors (Lipinski definition) is 1. The quantitative estimate of drug-likeness (QED) is 0.402. The SMILES string of the molecule is Cc1ccc(C(NC(=O)c2cccc(OCc3ccccc3)c2)c2ccccc2)cc1. The average Bonchev–Trinajstić information content (AvgIpc) is 2.83. The first-order valence-electron chi connectivity index (χ1n) is 10.4. The van der Waals surface area contributed by atoms with Gasteiger partial charge in [0.2, 0.25) is 0 Å². The van der Waals surface area contributed by atoms with Gasteiger partial charge >= 0.3 is 0 Å². The van der Waals surface area contributed by atoms with Gasteiger partial charge in [-0.15, -0.1) is 0 Å². The van der Waals surface area contributed by atoms with Crippen molar-refractivity contribution in [1.29, 1.82) is 0 Å². The van der Waals surface area contributed by atoms with Crippen molar-refractivity contribution >= 4 is 5.91 Å². The molecule has 0 aliphatic heterocycles. The average molecular weight is 408 g/mol. The lowest BCUT2D eigenvalue weighted by molar-refractivity contribution is 0.0942. The molecular formula is C28H25NO2. The van der Waals surface area contributed by atoms with E-state index in [1.54, 1.807) is 6.07 Å². The first kappa shape index (κ1) is 20.4. The first-order valence-corrected chi connectivity index (χ1v) is 10.4. The normalized spacial score (nSPS) is 11.5. The maximum Gasteiger partial charge on any atom is 0.252 e. The molecule has 1 N–H and O–H groups in total. The van der Waals surface area contributed by atoms with Crippen LogP contribution in [-0.2, 0) is 6.61 Å². The van der Waals surface area contributed by atoms with E-state index < -0.39 is 0 Å². The Balaban J connectivity index is 1.52. The second-order valence-corrected chi connectivity index (χ2v) is 7.53. The van der Waals surface area contributed by atoms with Gasteiger partial charge in [0.1, 0.15) is 12.4 Å². The zero-order chi connectivity index (χ0) is 21.5. The second-order valence-electron chi connectivity index (χ2n) is 7.53. The van der Waals surface area contributed by atoms with Gasteiger partial charge in [-0.1, -0.05) is 96.6 Å². The third-order valence-corrected chi connectivity index (χ3v) is 5.16. The highest BCUT2D eigenvalue weighted by Gasteiger charge is 2.18. The number of benzene rings is 4. The van der Waals surface area contributed by atoms with Crippen LogP contribution in [-0.4, -0.2) is 5.91 Å². The largest absolute Gasteiger partial charge is 0.489 e. The summed E-state index contributed by atoms with van der Waals surface area (Å²) in [7, 11) is 0. The Morgan fingerprint density at radius 1 is 0.774 bits per heavy atom. The summed E-state index contributed by atoms with van der Waals surface area (Å²) in [5.41, 5.74) is 4.92. The van der Waals surface area contributed by atoms with E-state index in [-0.39, 0.29) is 11.9 Å². The van der Waals surface area contributed by atoms with Crippen molar-refractivity contribution in [3.63, 3.8) is 0 Å². The minimum absolute atomic E-state index is 0.139. The van der Waals surface area contributed by atoms with Crippen LogP contribution in [0.3, 0.4) is 0 Å². The predicted octanol–water partition coefficient (Wildman–Crippen LogP) is 6.09. The molecular weight excluding hydrogens is 382 g/mol. The number of rotatable bonds is 7. The molecule has 1 unspecified atom stereocenters. The molecule has 0 spiro atoms. The van der Waals surface area contributed by atoms with Gasteiger partial charge in [-0.05, 0) is 41.8 Å². The summed E-state index contributed by atoms with van der Waals surface area (Å²) in [6.07, 6.45) is 0. The summed E-state index contributed by atoms with van der Waals surface area (Å²) in [5.74, 6) is 0.530. The molecule has 1 atom stereocenters. The van der Waals surface area contributed by atoms with Crippen LogP contribution < -0.4 is 10.1 Å². The van der Waals surface area contributed by atoms with Crippen molar-refractivity contribution in [3.8, 4) is 5.75 Å². The smallest absolute Gasteiger partial charge is 0.252 e. The van der Waals surface area contributed by atoms with E-state index >= 15 is 0 Å². The van der Waals surface area contributed by atoms with E-state index in [0.717, 1.165) is 16.7 Å². The molecule has 31 heavy (non-hydrogen) atoms. The molecule has 3 heteroatoms. The lowest BCUT2D eigenvalue weighted by atomic mass is 9.97. The van der Waals surface area contributed by atoms with Crippen molar-refractivity contribution in [1.82, 2.24) is 5.32 Å². The number of aryl methyl sites for hydroxylation is 1. The van der Waals surface area contributed by atoms with Crippen LogP contribution in [0.15, 0.2) is 109 Å². The zero-order valence-electron chi connectivity index (χ0n) is 17.5. The first-order chi connectivity index (χ1) is 15.2. The van der Waals surface area contributed by atoms with Crippen LogP contribution in [0.4, 0.5) is 0 Å². The van der Waals surface area contributed by atoms with Crippen LogP contribution in [0.2, 0.25) is 0 Å². The van der Waals surface area contributed by atoms with E-state index in [1.807, 2.05) is 78.9 Å². The molecule has 4 aromatic carbocycles. The zero-order valence-corrected chi connectivity index (χ0v) is 17.5. The molecule has 4 aromatic rings. The highest BCUT2D eigenvalue weighted by molar-refractivity contribution is 5.95. The van der Waals surface area contributed by atoms with Gasteiger partial charge in [-0.2, -0.15) is 0 Å². The van der Waals surface area contributed by atoms with E-state index in [9.17, 15) is 4.79 Å². The predicted molar refractivity (Wildman–Crippen MR) is 124 cm³/mol. The highest BCUT2D eigenvalue weighted by Crippen LogP contribution is 2.24. The summed E-state index contributed by atoms with van der Waals surface area (Å²) in [4.78, 5) is 13.1. The fraction of sp³-hybridized carbons (Fsp3) is 0.107. The fourth-order valence-corrected chi connectivity index (χ4v) is 3.45. The van der Waals surface area contributed by atoms with Crippen LogP contribution in [0.5, 0.6) is 5.75 Å².